The Morgan fingerprint density at radius 2 is 2.00 bits per heavy atom. The fraction of sp³-hybridized carbons (Fsp3) is 0.500. The van der Waals surface area contributed by atoms with Crippen LogP contribution in [0.15, 0.2) is 18.2 Å². The van der Waals surface area contributed by atoms with Crippen molar-refractivity contribution in [2.75, 3.05) is 13.7 Å². The lowest BCUT2D eigenvalue weighted by atomic mass is 10.1. The summed E-state index contributed by atoms with van der Waals surface area (Å²) in [7, 11) is 1.34. The van der Waals surface area contributed by atoms with Crippen molar-refractivity contribution < 1.29 is 27.4 Å². The first-order valence-corrected chi connectivity index (χ1v) is 5.58. The van der Waals surface area contributed by atoms with Crippen molar-refractivity contribution in [2.24, 2.45) is 0 Å². The Kier molecular flexibility index (Phi) is 5.13. The van der Waals surface area contributed by atoms with Crippen LogP contribution in [0.1, 0.15) is 18.5 Å². The molecule has 7 heteroatoms. The quantitative estimate of drug-likeness (QED) is 0.814. The number of nitrogens with one attached hydrogen (secondary N) is 1. The molecule has 1 rings (SSSR count). The van der Waals surface area contributed by atoms with E-state index in [-0.39, 0.29) is 11.3 Å². The summed E-state index contributed by atoms with van der Waals surface area (Å²) >= 11 is 0. The Morgan fingerprint density at radius 1 is 1.37 bits per heavy atom. The number of rotatable bonds is 5. The van der Waals surface area contributed by atoms with Crippen molar-refractivity contribution in [2.45, 2.75) is 25.2 Å². The van der Waals surface area contributed by atoms with Gasteiger partial charge in [-0.2, -0.15) is 13.2 Å². The SMILES string of the molecule is COc1cccc(F)c1C(C)NCC(O)C(F)(F)F. The van der Waals surface area contributed by atoms with Gasteiger partial charge in [-0.3, -0.25) is 0 Å². The lowest BCUT2D eigenvalue weighted by molar-refractivity contribution is -0.202. The minimum absolute atomic E-state index is 0.124. The normalized spacial score (nSPS) is 15.1. The van der Waals surface area contributed by atoms with Gasteiger partial charge in [0.2, 0.25) is 0 Å². The van der Waals surface area contributed by atoms with E-state index in [9.17, 15) is 17.6 Å². The van der Waals surface area contributed by atoms with Crippen molar-refractivity contribution in [3.63, 3.8) is 0 Å². The molecule has 3 nitrogen and oxygen atoms in total. The van der Waals surface area contributed by atoms with E-state index in [1.54, 1.807) is 0 Å². The monoisotopic (exact) mass is 281 g/mol. The van der Waals surface area contributed by atoms with Crippen LogP contribution >= 0.6 is 0 Å². The van der Waals surface area contributed by atoms with Crippen LogP contribution in [-0.2, 0) is 0 Å². The molecule has 0 amide bonds. The number of aliphatic hydroxyl groups excluding tert-OH is 1. The maximum Gasteiger partial charge on any atom is 0.415 e. The van der Waals surface area contributed by atoms with Gasteiger partial charge in [0.15, 0.2) is 6.10 Å². The second-order valence-corrected chi connectivity index (χ2v) is 4.04. The average molecular weight is 281 g/mol. The standard InChI is InChI=1S/C12H15F4NO2/c1-7(17-6-10(18)12(14,15)16)11-8(13)4-3-5-9(11)19-2/h3-5,7,10,17-18H,6H2,1-2H3. The van der Waals surface area contributed by atoms with Gasteiger partial charge in [-0.15, -0.1) is 0 Å². The fourth-order valence-electron chi connectivity index (χ4n) is 1.62. The number of hydrogen-bond donors (Lipinski definition) is 2. The summed E-state index contributed by atoms with van der Waals surface area (Å²) in [6, 6.07) is 3.41. The molecule has 2 atom stereocenters. The largest absolute Gasteiger partial charge is 0.496 e. The Hall–Kier alpha value is -1.34. The molecule has 2 unspecified atom stereocenters. The van der Waals surface area contributed by atoms with E-state index in [1.807, 2.05) is 0 Å². The van der Waals surface area contributed by atoms with Crippen LogP contribution in [0.5, 0.6) is 5.75 Å². The van der Waals surface area contributed by atoms with E-state index in [4.69, 9.17) is 9.84 Å². The number of alkyl halides is 3. The molecule has 0 aliphatic heterocycles. The van der Waals surface area contributed by atoms with Gasteiger partial charge in [-0.05, 0) is 19.1 Å². The maximum absolute atomic E-state index is 13.6. The summed E-state index contributed by atoms with van der Waals surface area (Å²) in [5.74, 6) is -0.345. The molecule has 0 aliphatic carbocycles. The maximum atomic E-state index is 13.6. The molecule has 1 aromatic carbocycles. The Bertz CT molecular complexity index is 423. The van der Waals surface area contributed by atoms with Crippen molar-refractivity contribution >= 4 is 0 Å². The lowest BCUT2D eigenvalue weighted by Gasteiger charge is -2.21. The Morgan fingerprint density at radius 3 is 2.53 bits per heavy atom. The van der Waals surface area contributed by atoms with Crippen LogP contribution in [0.3, 0.4) is 0 Å². The number of ether oxygens (including phenoxy) is 1. The highest BCUT2D eigenvalue weighted by Gasteiger charge is 2.38. The van der Waals surface area contributed by atoms with Crippen LogP contribution in [0, 0.1) is 5.82 Å². The molecule has 1 aromatic rings. The lowest BCUT2D eigenvalue weighted by Crippen LogP contribution is -2.39. The molecular formula is C12H15F4NO2. The summed E-state index contributed by atoms with van der Waals surface area (Å²) < 4.78 is 55.0. The van der Waals surface area contributed by atoms with Crippen molar-refractivity contribution in [3.8, 4) is 5.75 Å². The number of benzene rings is 1. The zero-order chi connectivity index (χ0) is 14.6. The molecule has 0 spiro atoms. The van der Waals surface area contributed by atoms with Crippen molar-refractivity contribution in [1.82, 2.24) is 5.32 Å². The minimum Gasteiger partial charge on any atom is -0.496 e. The molecule has 0 radical (unpaired) electrons. The molecule has 0 heterocycles. The first-order chi connectivity index (χ1) is 8.77. The molecule has 0 aromatic heterocycles. The first-order valence-electron chi connectivity index (χ1n) is 5.58. The molecule has 0 fully saturated rings. The van der Waals surface area contributed by atoms with Gasteiger partial charge in [0, 0.05) is 18.2 Å². The Balaban J connectivity index is 2.76. The van der Waals surface area contributed by atoms with E-state index in [2.05, 4.69) is 5.32 Å². The molecule has 2 N–H and O–H groups in total. The number of methoxy groups -OCH3 is 1. The third-order valence-electron chi connectivity index (χ3n) is 2.66. The number of hydrogen-bond acceptors (Lipinski definition) is 3. The third kappa shape index (κ3) is 4.07. The summed E-state index contributed by atoms with van der Waals surface area (Å²) in [6.07, 6.45) is -7.20. The topological polar surface area (TPSA) is 41.5 Å². The molecule has 108 valence electrons. The molecule has 19 heavy (non-hydrogen) atoms. The van der Waals surface area contributed by atoms with Crippen LogP contribution in [0.4, 0.5) is 17.6 Å². The highest BCUT2D eigenvalue weighted by atomic mass is 19.4. The third-order valence-corrected chi connectivity index (χ3v) is 2.66. The van der Waals surface area contributed by atoms with Crippen molar-refractivity contribution in [3.05, 3.63) is 29.6 Å². The second kappa shape index (κ2) is 6.21. The number of aliphatic hydroxyl groups is 1. The van der Waals surface area contributed by atoms with Crippen LogP contribution in [0.25, 0.3) is 0 Å². The van der Waals surface area contributed by atoms with Gasteiger partial charge in [-0.25, -0.2) is 4.39 Å². The molecule has 0 saturated carbocycles. The summed E-state index contributed by atoms with van der Waals surface area (Å²) in [6.45, 7) is 0.770. The van der Waals surface area contributed by atoms with Crippen LogP contribution < -0.4 is 10.1 Å². The van der Waals surface area contributed by atoms with E-state index >= 15 is 0 Å². The zero-order valence-electron chi connectivity index (χ0n) is 10.5. The molecule has 0 aliphatic rings. The van der Waals surface area contributed by atoms with Crippen LogP contribution in [0.2, 0.25) is 0 Å². The van der Waals surface area contributed by atoms with Gasteiger partial charge in [0.1, 0.15) is 11.6 Å². The molecule has 0 bridgehead atoms. The summed E-state index contributed by atoms with van der Waals surface area (Å²) in [4.78, 5) is 0. The highest BCUT2D eigenvalue weighted by Crippen LogP contribution is 2.28. The highest BCUT2D eigenvalue weighted by molar-refractivity contribution is 5.36. The van der Waals surface area contributed by atoms with E-state index < -0.39 is 30.7 Å². The average Bonchev–Trinajstić information content (AvgIpc) is 2.33. The Labute approximate surface area is 108 Å². The smallest absolute Gasteiger partial charge is 0.415 e. The molecular weight excluding hydrogens is 266 g/mol. The van der Waals surface area contributed by atoms with Crippen molar-refractivity contribution in [1.29, 1.82) is 0 Å². The minimum atomic E-state index is -4.70. The van der Waals surface area contributed by atoms with Gasteiger partial charge < -0.3 is 15.2 Å². The van der Waals surface area contributed by atoms with E-state index in [0.717, 1.165) is 0 Å². The van der Waals surface area contributed by atoms with E-state index in [1.165, 1.54) is 32.2 Å². The molecule has 0 saturated heterocycles. The fourth-order valence-corrected chi connectivity index (χ4v) is 1.62. The van der Waals surface area contributed by atoms with Gasteiger partial charge in [-0.1, -0.05) is 6.07 Å². The zero-order valence-corrected chi connectivity index (χ0v) is 10.5. The summed E-state index contributed by atoms with van der Waals surface area (Å²) in [5, 5.41) is 11.3. The van der Waals surface area contributed by atoms with Gasteiger partial charge >= 0.3 is 6.18 Å². The first kappa shape index (κ1) is 15.7. The van der Waals surface area contributed by atoms with E-state index in [0.29, 0.717) is 0 Å². The van der Waals surface area contributed by atoms with Gasteiger partial charge in [0.05, 0.1) is 7.11 Å². The predicted octanol–water partition coefficient (Wildman–Crippen LogP) is 2.41. The predicted molar refractivity (Wildman–Crippen MR) is 61.4 cm³/mol. The summed E-state index contributed by atoms with van der Waals surface area (Å²) in [5.41, 5.74) is 0.124. The second-order valence-electron chi connectivity index (χ2n) is 4.04. The van der Waals surface area contributed by atoms with Crippen LogP contribution in [-0.4, -0.2) is 31.0 Å². The van der Waals surface area contributed by atoms with Gasteiger partial charge in [0.25, 0.3) is 0 Å². The number of halogens is 4.